The molecule has 4 nitrogen and oxygen atoms in total. The highest BCUT2D eigenvalue weighted by Crippen LogP contribution is 2.24. The highest BCUT2D eigenvalue weighted by Gasteiger charge is 2.10. The molecule has 0 bridgehead atoms. The minimum Gasteiger partial charge on any atom is -0.360 e. The fourth-order valence-electron chi connectivity index (χ4n) is 2.07. The average molecular weight is 342 g/mol. The van der Waals surface area contributed by atoms with Gasteiger partial charge < -0.3 is 5.32 Å². The Kier molecular flexibility index (Phi) is 5.25. The van der Waals surface area contributed by atoms with E-state index in [1.807, 2.05) is 13.0 Å². The first-order chi connectivity index (χ1) is 11.2. The van der Waals surface area contributed by atoms with Crippen LogP contribution < -0.4 is 5.32 Å². The van der Waals surface area contributed by atoms with Crippen LogP contribution in [-0.2, 0) is 5.75 Å². The van der Waals surface area contributed by atoms with Crippen molar-refractivity contribution >= 4 is 28.9 Å². The summed E-state index contributed by atoms with van der Waals surface area (Å²) in [5.74, 6) is 1.67. The van der Waals surface area contributed by atoms with Crippen LogP contribution in [0.3, 0.4) is 0 Å². The molecule has 3 rings (SSSR count). The first-order valence-electron chi connectivity index (χ1n) is 7.38. The van der Waals surface area contributed by atoms with E-state index in [0.29, 0.717) is 0 Å². The summed E-state index contributed by atoms with van der Waals surface area (Å²) in [6.07, 6.45) is 3.56. The maximum absolute atomic E-state index is 4.63. The Morgan fingerprint density at radius 2 is 2.00 bits per heavy atom. The van der Waals surface area contributed by atoms with Crippen LogP contribution in [0.25, 0.3) is 0 Å². The number of hydrogen-bond acceptors (Lipinski definition) is 6. The lowest BCUT2D eigenvalue weighted by atomic mass is 10.2. The van der Waals surface area contributed by atoms with E-state index >= 15 is 0 Å². The molecule has 0 saturated carbocycles. The third-order valence-electron chi connectivity index (χ3n) is 3.21. The smallest absolute Gasteiger partial charge is 0.146 e. The predicted molar refractivity (Wildman–Crippen MR) is 96.9 cm³/mol. The molecule has 1 atom stereocenters. The molecule has 3 aromatic rings. The Labute approximate surface area is 144 Å². The van der Waals surface area contributed by atoms with Gasteiger partial charge in [-0.15, -0.1) is 23.1 Å². The van der Waals surface area contributed by atoms with Gasteiger partial charge in [0.1, 0.15) is 15.9 Å². The first-order valence-corrected chi connectivity index (χ1v) is 9.24. The number of nitrogens with zero attached hydrogens (tertiary/aromatic N) is 3. The molecule has 0 fully saturated rings. The standard InChI is InChI=1S/C17H18N4S2/c1-12-10-23-17(19-12)13(2)20-15-8-18-9-16(21-15)22-11-14-6-4-3-5-7-14/h3-10,13H,11H2,1-2H3,(H,20,21). The predicted octanol–water partition coefficient (Wildman–Crippen LogP) is 4.71. The molecule has 0 radical (unpaired) electrons. The lowest BCUT2D eigenvalue weighted by Gasteiger charge is -2.12. The van der Waals surface area contributed by atoms with Crippen LogP contribution in [0.5, 0.6) is 0 Å². The molecule has 0 amide bonds. The highest BCUT2D eigenvalue weighted by atomic mass is 32.2. The van der Waals surface area contributed by atoms with Gasteiger partial charge in [-0.2, -0.15) is 0 Å². The molecule has 1 aromatic carbocycles. The van der Waals surface area contributed by atoms with Gasteiger partial charge in [-0.05, 0) is 19.4 Å². The molecule has 2 heterocycles. The zero-order chi connectivity index (χ0) is 16.1. The summed E-state index contributed by atoms with van der Waals surface area (Å²) in [4.78, 5) is 13.4. The maximum atomic E-state index is 4.63. The van der Waals surface area contributed by atoms with Crippen LogP contribution in [-0.4, -0.2) is 15.0 Å². The van der Waals surface area contributed by atoms with Crippen LogP contribution in [0.2, 0.25) is 0 Å². The average Bonchev–Trinajstić information content (AvgIpc) is 3.01. The van der Waals surface area contributed by atoms with Crippen LogP contribution in [0.15, 0.2) is 53.1 Å². The van der Waals surface area contributed by atoms with E-state index in [4.69, 9.17) is 0 Å². The Balaban J connectivity index is 1.63. The first kappa shape index (κ1) is 16.0. The van der Waals surface area contributed by atoms with Crippen molar-refractivity contribution in [1.29, 1.82) is 0 Å². The van der Waals surface area contributed by atoms with Crippen molar-refractivity contribution in [1.82, 2.24) is 15.0 Å². The Bertz CT molecular complexity index is 758. The number of rotatable bonds is 6. The number of thioether (sulfide) groups is 1. The van der Waals surface area contributed by atoms with Crippen LogP contribution in [0.4, 0.5) is 5.82 Å². The number of anilines is 1. The lowest BCUT2D eigenvalue weighted by Crippen LogP contribution is -2.08. The second-order valence-corrected chi connectivity index (χ2v) is 7.10. The number of aryl methyl sites for hydroxylation is 1. The second kappa shape index (κ2) is 7.57. The Morgan fingerprint density at radius 3 is 2.74 bits per heavy atom. The largest absolute Gasteiger partial charge is 0.360 e. The van der Waals surface area contributed by atoms with Gasteiger partial charge in [-0.25, -0.2) is 9.97 Å². The summed E-state index contributed by atoms with van der Waals surface area (Å²) >= 11 is 3.35. The van der Waals surface area contributed by atoms with Crippen molar-refractivity contribution in [2.45, 2.75) is 30.7 Å². The SMILES string of the molecule is Cc1csc(C(C)Nc2cncc(SCc3ccccc3)n2)n1. The third-order valence-corrected chi connectivity index (χ3v) is 5.33. The van der Waals surface area contributed by atoms with Crippen molar-refractivity contribution < 1.29 is 0 Å². The lowest BCUT2D eigenvalue weighted by molar-refractivity contribution is 0.845. The summed E-state index contributed by atoms with van der Waals surface area (Å²) < 4.78 is 0. The minimum absolute atomic E-state index is 0.123. The van der Waals surface area contributed by atoms with E-state index in [-0.39, 0.29) is 6.04 Å². The molecule has 23 heavy (non-hydrogen) atoms. The van der Waals surface area contributed by atoms with E-state index in [1.165, 1.54) is 5.56 Å². The Hall–Kier alpha value is -1.92. The molecule has 0 spiro atoms. The molecular weight excluding hydrogens is 324 g/mol. The number of nitrogens with one attached hydrogen (secondary N) is 1. The normalized spacial score (nSPS) is 12.1. The van der Waals surface area contributed by atoms with Crippen molar-refractivity contribution in [2.75, 3.05) is 5.32 Å². The molecule has 0 aliphatic heterocycles. The summed E-state index contributed by atoms with van der Waals surface area (Å²) in [5.41, 5.74) is 2.33. The fourth-order valence-corrected chi connectivity index (χ4v) is 3.68. The molecule has 0 aliphatic carbocycles. The van der Waals surface area contributed by atoms with Gasteiger partial charge in [0.2, 0.25) is 0 Å². The topological polar surface area (TPSA) is 50.7 Å². The van der Waals surface area contributed by atoms with Gasteiger partial charge in [-0.3, -0.25) is 4.98 Å². The monoisotopic (exact) mass is 342 g/mol. The molecule has 0 saturated heterocycles. The zero-order valence-corrected chi connectivity index (χ0v) is 14.7. The number of thiazole rings is 1. The van der Waals surface area contributed by atoms with Crippen molar-refractivity contribution in [3.05, 3.63) is 64.4 Å². The summed E-state index contributed by atoms with van der Waals surface area (Å²) in [7, 11) is 0. The van der Waals surface area contributed by atoms with Gasteiger partial charge in [0.05, 0.1) is 18.4 Å². The van der Waals surface area contributed by atoms with Crippen LogP contribution in [0, 0.1) is 6.92 Å². The van der Waals surface area contributed by atoms with Crippen molar-refractivity contribution in [2.24, 2.45) is 0 Å². The van der Waals surface area contributed by atoms with E-state index < -0.39 is 0 Å². The van der Waals surface area contributed by atoms with Gasteiger partial charge in [0.15, 0.2) is 0 Å². The van der Waals surface area contributed by atoms with E-state index in [9.17, 15) is 0 Å². The van der Waals surface area contributed by atoms with Gasteiger partial charge >= 0.3 is 0 Å². The quantitative estimate of drug-likeness (QED) is 0.658. The summed E-state index contributed by atoms with van der Waals surface area (Å²) in [6.45, 7) is 4.09. The highest BCUT2D eigenvalue weighted by molar-refractivity contribution is 7.98. The minimum atomic E-state index is 0.123. The molecular formula is C17H18N4S2. The molecule has 118 valence electrons. The van der Waals surface area contributed by atoms with Gasteiger partial charge in [0, 0.05) is 16.8 Å². The molecule has 1 unspecified atom stereocenters. The summed E-state index contributed by atoms with van der Waals surface area (Å²) in [6, 6.07) is 10.5. The number of benzene rings is 1. The van der Waals surface area contributed by atoms with Crippen LogP contribution >= 0.6 is 23.1 Å². The second-order valence-electron chi connectivity index (χ2n) is 5.21. The maximum Gasteiger partial charge on any atom is 0.146 e. The van der Waals surface area contributed by atoms with E-state index in [2.05, 4.69) is 56.8 Å². The summed E-state index contributed by atoms with van der Waals surface area (Å²) in [5, 5.41) is 7.41. The molecule has 1 N–H and O–H groups in total. The van der Waals surface area contributed by atoms with Crippen LogP contribution in [0.1, 0.15) is 29.2 Å². The molecule has 6 heteroatoms. The number of hydrogen-bond donors (Lipinski definition) is 1. The molecule has 0 aliphatic rings. The number of aromatic nitrogens is 3. The third kappa shape index (κ3) is 4.53. The van der Waals surface area contributed by atoms with Crippen molar-refractivity contribution in [3.8, 4) is 0 Å². The zero-order valence-electron chi connectivity index (χ0n) is 13.1. The van der Waals surface area contributed by atoms with Gasteiger partial charge in [0.25, 0.3) is 0 Å². The van der Waals surface area contributed by atoms with E-state index in [0.717, 1.165) is 27.3 Å². The Morgan fingerprint density at radius 1 is 1.17 bits per heavy atom. The van der Waals surface area contributed by atoms with E-state index in [1.54, 1.807) is 35.5 Å². The van der Waals surface area contributed by atoms with Crippen molar-refractivity contribution in [3.63, 3.8) is 0 Å². The fraction of sp³-hybridized carbons (Fsp3) is 0.235. The molecule has 2 aromatic heterocycles. The van der Waals surface area contributed by atoms with Gasteiger partial charge in [-0.1, -0.05) is 30.3 Å².